The average Bonchev–Trinajstić information content (AvgIpc) is 2.78. The molecular formula is C14H19FN2O2S. The van der Waals surface area contributed by atoms with Crippen LogP contribution in [-0.4, -0.2) is 50.0 Å². The lowest BCUT2D eigenvalue weighted by molar-refractivity contribution is 0.337. The molecule has 20 heavy (non-hydrogen) atoms. The number of hydrogen-bond donors (Lipinski definition) is 0. The highest BCUT2D eigenvalue weighted by Crippen LogP contribution is 2.18. The smallest absolute Gasteiger partial charge is 0.148 e. The third-order valence-electron chi connectivity index (χ3n) is 3.31. The van der Waals surface area contributed by atoms with Crippen LogP contribution in [-0.2, 0) is 16.4 Å². The van der Waals surface area contributed by atoms with E-state index in [1.165, 1.54) is 12.3 Å². The van der Waals surface area contributed by atoms with Gasteiger partial charge in [-0.1, -0.05) is 12.1 Å². The first kappa shape index (κ1) is 15.0. The molecule has 2 aromatic rings. The largest absolute Gasteiger partial charge is 0.344 e. The molecule has 1 aromatic carbocycles. The Morgan fingerprint density at radius 1 is 1.25 bits per heavy atom. The highest BCUT2D eigenvalue weighted by atomic mass is 32.2. The topological polar surface area (TPSA) is 42.3 Å². The second-order valence-electron chi connectivity index (χ2n) is 5.12. The van der Waals surface area contributed by atoms with E-state index in [1.54, 1.807) is 6.07 Å². The average molecular weight is 298 g/mol. The van der Waals surface area contributed by atoms with E-state index >= 15 is 0 Å². The van der Waals surface area contributed by atoms with Crippen molar-refractivity contribution in [3.8, 4) is 0 Å². The van der Waals surface area contributed by atoms with E-state index in [1.807, 2.05) is 34.8 Å². The van der Waals surface area contributed by atoms with Gasteiger partial charge >= 0.3 is 0 Å². The van der Waals surface area contributed by atoms with E-state index in [-0.39, 0.29) is 11.6 Å². The molecule has 0 saturated heterocycles. The van der Waals surface area contributed by atoms with Gasteiger partial charge in [0.05, 0.1) is 11.3 Å². The van der Waals surface area contributed by atoms with Crippen molar-refractivity contribution < 1.29 is 12.8 Å². The number of para-hydroxylation sites is 1. The van der Waals surface area contributed by atoms with Gasteiger partial charge in [0.25, 0.3) is 0 Å². The summed E-state index contributed by atoms with van der Waals surface area (Å²) in [5.74, 6) is -0.0871. The fraction of sp³-hybridized carbons (Fsp3) is 0.429. The Labute approximate surface area is 118 Å². The molecule has 0 bridgehead atoms. The number of likely N-dealkylation sites (N-methyl/N-ethyl adjacent to an activating group) is 1. The van der Waals surface area contributed by atoms with Crippen LogP contribution < -0.4 is 0 Å². The Hall–Kier alpha value is -1.40. The van der Waals surface area contributed by atoms with Gasteiger partial charge in [-0.05, 0) is 19.2 Å². The van der Waals surface area contributed by atoms with Crippen molar-refractivity contribution in [1.82, 2.24) is 9.47 Å². The third-order valence-corrected chi connectivity index (χ3v) is 4.23. The lowest BCUT2D eigenvalue weighted by atomic mass is 10.2. The first-order valence-corrected chi connectivity index (χ1v) is 8.52. The van der Waals surface area contributed by atoms with Crippen LogP contribution in [0.1, 0.15) is 0 Å². The monoisotopic (exact) mass is 298 g/mol. The van der Waals surface area contributed by atoms with Crippen LogP contribution in [0.15, 0.2) is 30.5 Å². The van der Waals surface area contributed by atoms with Crippen LogP contribution in [0.25, 0.3) is 10.9 Å². The Morgan fingerprint density at radius 2 is 2.00 bits per heavy atom. The summed E-state index contributed by atoms with van der Waals surface area (Å²) in [5, 5.41) is 0.879. The van der Waals surface area contributed by atoms with Gasteiger partial charge in [-0.25, -0.2) is 12.8 Å². The molecule has 1 heterocycles. The molecule has 0 unspecified atom stereocenters. The molecule has 0 fully saturated rings. The number of sulfone groups is 1. The molecule has 0 atom stereocenters. The van der Waals surface area contributed by atoms with Crippen LogP contribution in [0.4, 0.5) is 4.39 Å². The van der Waals surface area contributed by atoms with Gasteiger partial charge in [0, 0.05) is 37.5 Å². The Bertz CT molecular complexity index is 694. The minimum absolute atomic E-state index is 0.143. The normalized spacial score (nSPS) is 12.4. The van der Waals surface area contributed by atoms with E-state index in [4.69, 9.17) is 0 Å². The van der Waals surface area contributed by atoms with Crippen LogP contribution >= 0.6 is 0 Å². The Kier molecular flexibility index (Phi) is 4.45. The lowest BCUT2D eigenvalue weighted by Crippen LogP contribution is -2.28. The summed E-state index contributed by atoms with van der Waals surface area (Å²) in [5.41, 5.74) is 0.601. The van der Waals surface area contributed by atoms with Crippen molar-refractivity contribution in [3.63, 3.8) is 0 Å². The summed E-state index contributed by atoms with van der Waals surface area (Å²) in [6.45, 7) is 1.79. The molecule has 0 aliphatic carbocycles. The minimum Gasteiger partial charge on any atom is -0.344 e. The molecule has 1 aromatic heterocycles. The number of benzene rings is 1. The predicted octanol–water partition coefficient (Wildman–Crippen LogP) is 1.76. The molecular weight excluding hydrogens is 279 g/mol. The van der Waals surface area contributed by atoms with Crippen molar-refractivity contribution in [2.45, 2.75) is 6.54 Å². The van der Waals surface area contributed by atoms with E-state index < -0.39 is 9.84 Å². The predicted molar refractivity (Wildman–Crippen MR) is 79.1 cm³/mol. The van der Waals surface area contributed by atoms with Crippen molar-refractivity contribution in [1.29, 1.82) is 0 Å². The number of rotatable bonds is 6. The maximum Gasteiger partial charge on any atom is 0.148 e. The van der Waals surface area contributed by atoms with Crippen molar-refractivity contribution in [2.24, 2.45) is 0 Å². The second kappa shape index (κ2) is 5.93. The number of fused-ring (bicyclic) bond motifs is 1. The summed E-state index contributed by atoms with van der Waals surface area (Å²) >= 11 is 0. The van der Waals surface area contributed by atoms with E-state index in [0.717, 1.165) is 5.39 Å². The zero-order chi connectivity index (χ0) is 14.8. The summed E-state index contributed by atoms with van der Waals surface area (Å²) in [6.07, 6.45) is 3.09. The quantitative estimate of drug-likeness (QED) is 0.816. The lowest BCUT2D eigenvalue weighted by Gasteiger charge is -2.16. The molecule has 0 aliphatic heterocycles. The van der Waals surface area contributed by atoms with Gasteiger partial charge < -0.3 is 9.47 Å². The number of hydrogen-bond acceptors (Lipinski definition) is 3. The second-order valence-corrected chi connectivity index (χ2v) is 7.38. The van der Waals surface area contributed by atoms with E-state index in [0.29, 0.717) is 25.2 Å². The van der Waals surface area contributed by atoms with Gasteiger partial charge in [0.2, 0.25) is 0 Å². The van der Waals surface area contributed by atoms with Crippen molar-refractivity contribution >= 4 is 20.7 Å². The number of halogens is 1. The van der Waals surface area contributed by atoms with Gasteiger partial charge in [-0.2, -0.15) is 0 Å². The molecule has 110 valence electrons. The Balaban J connectivity index is 1.99. The number of nitrogens with zero attached hydrogens (tertiary/aromatic N) is 2. The molecule has 2 rings (SSSR count). The molecule has 0 amide bonds. The molecule has 4 nitrogen and oxygen atoms in total. The van der Waals surface area contributed by atoms with Gasteiger partial charge in [0.15, 0.2) is 0 Å². The maximum absolute atomic E-state index is 13.8. The molecule has 0 spiro atoms. The van der Waals surface area contributed by atoms with Crippen LogP contribution in [0, 0.1) is 5.82 Å². The van der Waals surface area contributed by atoms with E-state index in [2.05, 4.69) is 0 Å². The molecule has 6 heteroatoms. The molecule has 0 radical (unpaired) electrons. The summed E-state index contributed by atoms with van der Waals surface area (Å²) in [7, 11) is -1.07. The highest BCUT2D eigenvalue weighted by molar-refractivity contribution is 7.90. The van der Waals surface area contributed by atoms with Crippen molar-refractivity contribution in [3.05, 3.63) is 36.3 Å². The standard InChI is InChI=1S/C14H19FN2O2S/c1-16(10-11-20(2,18)19)8-9-17-7-6-12-4-3-5-13(15)14(12)17/h3-7H,8-11H2,1-2H3. The molecule has 0 aliphatic rings. The Morgan fingerprint density at radius 3 is 2.70 bits per heavy atom. The fourth-order valence-corrected chi connectivity index (χ4v) is 2.76. The summed E-state index contributed by atoms with van der Waals surface area (Å²) < 4.78 is 37.9. The summed E-state index contributed by atoms with van der Waals surface area (Å²) in [6, 6.07) is 6.91. The minimum atomic E-state index is -2.94. The fourth-order valence-electron chi connectivity index (χ4n) is 2.11. The van der Waals surface area contributed by atoms with Gasteiger partial charge in [-0.15, -0.1) is 0 Å². The summed E-state index contributed by atoms with van der Waals surface area (Å²) in [4.78, 5) is 1.94. The van der Waals surface area contributed by atoms with Crippen LogP contribution in [0.3, 0.4) is 0 Å². The zero-order valence-corrected chi connectivity index (χ0v) is 12.5. The van der Waals surface area contributed by atoms with Gasteiger partial charge in [-0.3, -0.25) is 0 Å². The number of aromatic nitrogens is 1. The van der Waals surface area contributed by atoms with Crippen molar-refractivity contribution in [2.75, 3.05) is 32.1 Å². The molecule has 0 N–H and O–H groups in total. The van der Waals surface area contributed by atoms with Crippen LogP contribution in [0.2, 0.25) is 0 Å². The van der Waals surface area contributed by atoms with E-state index in [9.17, 15) is 12.8 Å². The third kappa shape index (κ3) is 3.80. The van der Waals surface area contributed by atoms with Gasteiger partial charge in [0.1, 0.15) is 15.7 Å². The maximum atomic E-state index is 13.8. The highest BCUT2D eigenvalue weighted by Gasteiger charge is 2.08. The zero-order valence-electron chi connectivity index (χ0n) is 11.7. The molecule has 0 saturated carbocycles. The van der Waals surface area contributed by atoms with Crippen LogP contribution in [0.5, 0.6) is 0 Å². The SMILES string of the molecule is CN(CCn1ccc2cccc(F)c21)CCS(C)(=O)=O. The first-order valence-electron chi connectivity index (χ1n) is 6.46. The first-order chi connectivity index (χ1) is 9.37.